The second-order valence-corrected chi connectivity index (χ2v) is 2.77. The lowest BCUT2D eigenvalue weighted by Crippen LogP contribution is -1.59. The summed E-state index contributed by atoms with van der Waals surface area (Å²) < 4.78 is 0. The normalized spacial score (nSPS) is 6.50. The van der Waals surface area contributed by atoms with Gasteiger partial charge in [-0.2, -0.15) is 0 Å². The fourth-order valence-corrected chi connectivity index (χ4v) is 0.354. The van der Waals surface area contributed by atoms with Crippen LogP contribution in [0.4, 0.5) is 0 Å². The zero-order valence-corrected chi connectivity index (χ0v) is 9.54. The zero-order chi connectivity index (χ0) is 9.54. The van der Waals surface area contributed by atoms with Crippen molar-refractivity contribution in [2.45, 2.75) is 81.1 Å². The Labute approximate surface area is 81.8 Å². The molecule has 0 fully saturated rings. The average molecular weight is 176 g/mol. The summed E-state index contributed by atoms with van der Waals surface area (Å²) in [4.78, 5) is 0. The Morgan fingerprint density at radius 2 is 0.750 bits per heavy atom. The summed E-state index contributed by atoms with van der Waals surface area (Å²) >= 11 is 0. The van der Waals surface area contributed by atoms with Gasteiger partial charge in [0, 0.05) is 0 Å². The minimum atomic E-state index is 0. The van der Waals surface area contributed by atoms with Gasteiger partial charge in [-0.1, -0.05) is 81.1 Å². The summed E-state index contributed by atoms with van der Waals surface area (Å²) in [6.07, 6.45) is 6.58. The van der Waals surface area contributed by atoms with Crippen molar-refractivity contribution in [3.8, 4) is 0 Å². The predicted octanol–water partition coefficient (Wildman–Crippen LogP) is 5.67. The van der Waals surface area contributed by atoms with Crippen LogP contribution in [0.15, 0.2) is 0 Å². The Morgan fingerprint density at radius 3 is 0.750 bits per heavy atom. The van der Waals surface area contributed by atoms with Gasteiger partial charge >= 0.3 is 0 Å². The standard InChI is InChI=1S/C5H12.2C3H8.CH4/c1-3-5-4-2;2*1-3-2;/h3-5H2,1-2H3;2*3H2,1-2H3;1H4. The first-order chi connectivity index (χ1) is 5.24. The third kappa shape index (κ3) is 202. The Kier molecular flexibility index (Phi) is 83.2. The number of rotatable bonds is 2. The van der Waals surface area contributed by atoms with E-state index in [1.807, 2.05) is 0 Å². The molecule has 0 saturated carbocycles. The fraction of sp³-hybridized carbons (Fsp3) is 1.00. The van der Waals surface area contributed by atoms with Crippen molar-refractivity contribution in [2.24, 2.45) is 0 Å². The van der Waals surface area contributed by atoms with Crippen molar-refractivity contribution in [3.05, 3.63) is 0 Å². The molecule has 0 unspecified atom stereocenters. The summed E-state index contributed by atoms with van der Waals surface area (Å²) in [5.41, 5.74) is 0. The molecule has 0 aliphatic rings. The van der Waals surface area contributed by atoms with Gasteiger partial charge in [0.25, 0.3) is 0 Å². The molecule has 0 aromatic heterocycles. The summed E-state index contributed by atoms with van der Waals surface area (Å²) in [5, 5.41) is 0. The van der Waals surface area contributed by atoms with Crippen LogP contribution >= 0.6 is 0 Å². The molecule has 0 aliphatic carbocycles. The molecule has 0 rings (SSSR count). The zero-order valence-electron chi connectivity index (χ0n) is 9.54. The smallest absolute Gasteiger partial charge is 0.0538 e. The Bertz CT molecular complexity index is 19.2. The van der Waals surface area contributed by atoms with E-state index in [0.29, 0.717) is 0 Å². The van der Waals surface area contributed by atoms with Crippen molar-refractivity contribution >= 4 is 0 Å². The number of hydrogen-bond donors (Lipinski definition) is 0. The van der Waals surface area contributed by atoms with Crippen molar-refractivity contribution in [2.75, 3.05) is 0 Å². The van der Waals surface area contributed by atoms with Crippen LogP contribution in [0.3, 0.4) is 0 Å². The average Bonchev–Trinajstić information content (AvgIpc) is 1.92. The van der Waals surface area contributed by atoms with E-state index in [2.05, 4.69) is 41.5 Å². The largest absolute Gasteiger partial charge is 0.0776 e. The van der Waals surface area contributed by atoms with Gasteiger partial charge < -0.3 is 0 Å². The van der Waals surface area contributed by atoms with E-state index in [1.165, 1.54) is 32.1 Å². The highest BCUT2D eigenvalue weighted by Crippen LogP contribution is 1.88. The second-order valence-electron chi connectivity index (χ2n) is 2.77. The van der Waals surface area contributed by atoms with Crippen LogP contribution in [0.1, 0.15) is 81.1 Å². The molecule has 0 spiro atoms. The number of hydrogen-bond acceptors (Lipinski definition) is 0. The summed E-state index contributed by atoms with van der Waals surface area (Å²) in [7, 11) is 0. The minimum absolute atomic E-state index is 0. The van der Waals surface area contributed by atoms with Crippen LogP contribution in [0.5, 0.6) is 0 Å². The van der Waals surface area contributed by atoms with E-state index < -0.39 is 0 Å². The van der Waals surface area contributed by atoms with Gasteiger partial charge in [0.05, 0.1) is 0 Å². The van der Waals surface area contributed by atoms with E-state index in [4.69, 9.17) is 0 Å². The lowest BCUT2D eigenvalue weighted by molar-refractivity contribution is 0.772. The van der Waals surface area contributed by atoms with Gasteiger partial charge in [0.2, 0.25) is 0 Å². The predicted molar refractivity (Wildman–Crippen MR) is 63.9 cm³/mol. The van der Waals surface area contributed by atoms with Crippen molar-refractivity contribution < 1.29 is 0 Å². The van der Waals surface area contributed by atoms with E-state index >= 15 is 0 Å². The van der Waals surface area contributed by atoms with Gasteiger partial charge in [-0.3, -0.25) is 0 Å². The molecule has 0 heterocycles. The quantitative estimate of drug-likeness (QED) is 0.509. The molecule has 0 nitrogen and oxygen atoms in total. The third-order valence-corrected chi connectivity index (χ3v) is 0.707. The topological polar surface area (TPSA) is 0 Å². The molecule has 0 saturated heterocycles. The van der Waals surface area contributed by atoms with Crippen LogP contribution in [-0.2, 0) is 0 Å². The molecule has 0 bridgehead atoms. The first-order valence-electron chi connectivity index (χ1n) is 5.24. The Hall–Kier alpha value is 0. The highest BCUT2D eigenvalue weighted by Gasteiger charge is 1.68. The molecule has 0 aromatic rings. The molecule has 0 atom stereocenters. The summed E-state index contributed by atoms with van der Waals surface area (Å²) in [6.45, 7) is 12.9. The maximum Gasteiger partial charge on any atom is -0.0538 e. The van der Waals surface area contributed by atoms with Crippen molar-refractivity contribution in [1.82, 2.24) is 0 Å². The maximum atomic E-state index is 2.21. The molecular formula is C12H32. The first kappa shape index (κ1) is 22.7. The fourth-order valence-electron chi connectivity index (χ4n) is 0.354. The van der Waals surface area contributed by atoms with E-state index in [0.717, 1.165) is 0 Å². The lowest BCUT2D eigenvalue weighted by Gasteiger charge is -1.79. The van der Waals surface area contributed by atoms with Crippen LogP contribution in [-0.4, -0.2) is 0 Å². The summed E-state index contributed by atoms with van der Waals surface area (Å²) in [6, 6.07) is 0. The molecular weight excluding hydrogens is 144 g/mol. The van der Waals surface area contributed by atoms with Crippen LogP contribution < -0.4 is 0 Å². The molecule has 0 N–H and O–H groups in total. The van der Waals surface area contributed by atoms with Crippen LogP contribution in [0, 0.1) is 0 Å². The van der Waals surface area contributed by atoms with Crippen LogP contribution in [0.25, 0.3) is 0 Å². The van der Waals surface area contributed by atoms with Gasteiger partial charge in [-0.15, -0.1) is 0 Å². The van der Waals surface area contributed by atoms with Gasteiger partial charge in [-0.25, -0.2) is 0 Å². The molecule has 0 aromatic carbocycles. The molecule has 0 radical (unpaired) electrons. The maximum absolute atomic E-state index is 2.21. The highest BCUT2D eigenvalue weighted by molar-refractivity contribution is 4.24. The van der Waals surface area contributed by atoms with Crippen LogP contribution in [0.2, 0.25) is 0 Å². The van der Waals surface area contributed by atoms with E-state index in [9.17, 15) is 0 Å². The van der Waals surface area contributed by atoms with Gasteiger partial charge in [-0.05, 0) is 0 Å². The van der Waals surface area contributed by atoms with Gasteiger partial charge in [0.15, 0.2) is 0 Å². The molecule has 0 aliphatic heterocycles. The molecule has 0 heteroatoms. The second kappa shape index (κ2) is 44.0. The van der Waals surface area contributed by atoms with E-state index in [-0.39, 0.29) is 7.43 Å². The SMILES string of the molecule is C.CCC.CCC.CCCCC. The molecule has 12 heavy (non-hydrogen) atoms. The minimum Gasteiger partial charge on any atom is -0.0776 e. The Balaban J connectivity index is -0.0000000406. The Morgan fingerprint density at radius 1 is 0.583 bits per heavy atom. The number of unbranched alkanes of at least 4 members (excludes halogenated alkanes) is 2. The highest BCUT2D eigenvalue weighted by atomic mass is 13.7. The summed E-state index contributed by atoms with van der Waals surface area (Å²) in [5.74, 6) is 0. The van der Waals surface area contributed by atoms with Crippen molar-refractivity contribution in [3.63, 3.8) is 0 Å². The van der Waals surface area contributed by atoms with E-state index in [1.54, 1.807) is 0 Å². The third-order valence-electron chi connectivity index (χ3n) is 0.707. The molecule has 80 valence electrons. The monoisotopic (exact) mass is 176 g/mol. The van der Waals surface area contributed by atoms with Crippen molar-refractivity contribution in [1.29, 1.82) is 0 Å². The first-order valence-corrected chi connectivity index (χ1v) is 5.24. The lowest BCUT2D eigenvalue weighted by atomic mass is 10.3. The molecule has 0 amide bonds. The van der Waals surface area contributed by atoms with Gasteiger partial charge in [0.1, 0.15) is 0 Å².